The van der Waals surface area contributed by atoms with Gasteiger partial charge in [-0.1, -0.05) is 24.3 Å². The van der Waals surface area contributed by atoms with Gasteiger partial charge in [-0.2, -0.15) is 0 Å². The molecule has 2 aromatic carbocycles. The first-order valence-electron chi connectivity index (χ1n) is 4.86. The van der Waals surface area contributed by atoms with Crippen molar-refractivity contribution in [2.75, 3.05) is 5.73 Å². The highest BCUT2D eigenvalue weighted by molar-refractivity contribution is 5.70. The van der Waals surface area contributed by atoms with E-state index >= 15 is 0 Å². The van der Waals surface area contributed by atoms with Gasteiger partial charge in [-0.25, -0.2) is 0 Å². The SMILES string of the molecule is NCc1c[c]ccc1-c1cccc(N)c1. The highest BCUT2D eigenvalue weighted by atomic mass is 14.5. The van der Waals surface area contributed by atoms with Crippen LogP contribution in [0.15, 0.2) is 42.5 Å². The molecule has 0 fully saturated rings. The molecule has 0 heterocycles. The Balaban J connectivity index is 2.53. The number of hydrogen-bond acceptors (Lipinski definition) is 2. The first-order chi connectivity index (χ1) is 7.31. The summed E-state index contributed by atoms with van der Waals surface area (Å²) >= 11 is 0. The van der Waals surface area contributed by atoms with E-state index in [0.717, 1.165) is 22.4 Å². The Hall–Kier alpha value is -1.80. The van der Waals surface area contributed by atoms with Gasteiger partial charge in [0.05, 0.1) is 0 Å². The standard InChI is InChI=1S/C13H13N2/c14-9-11-4-1-2-7-13(11)10-5-3-6-12(15)8-10/h2-8H,9,14-15H2. The van der Waals surface area contributed by atoms with Crippen LogP contribution in [0.5, 0.6) is 0 Å². The van der Waals surface area contributed by atoms with Crippen LogP contribution in [0.3, 0.4) is 0 Å². The van der Waals surface area contributed by atoms with Crippen molar-refractivity contribution < 1.29 is 0 Å². The zero-order valence-corrected chi connectivity index (χ0v) is 8.40. The van der Waals surface area contributed by atoms with Crippen LogP contribution >= 0.6 is 0 Å². The molecule has 0 aromatic heterocycles. The van der Waals surface area contributed by atoms with Gasteiger partial charge in [0.25, 0.3) is 0 Å². The van der Waals surface area contributed by atoms with Crippen molar-refractivity contribution in [1.82, 2.24) is 0 Å². The summed E-state index contributed by atoms with van der Waals surface area (Å²) in [4.78, 5) is 0. The summed E-state index contributed by atoms with van der Waals surface area (Å²) in [5.41, 5.74) is 15.5. The number of anilines is 1. The highest BCUT2D eigenvalue weighted by Gasteiger charge is 2.02. The van der Waals surface area contributed by atoms with Crippen molar-refractivity contribution >= 4 is 5.69 Å². The van der Waals surface area contributed by atoms with E-state index in [4.69, 9.17) is 11.5 Å². The summed E-state index contributed by atoms with van der Waals surface area (Å²) in [6, 6.07) is 16.6. The van der Waals surface area contributed by atoms with Gasteiger partial charge in [-0.05, 0) is 41.0 Å². The molecule has 0 spiro atoms. The Bertz CT molecular complexity index is 464. The van der Waals surface area contributed by atoms with E-state index in [1.807, 2.05) is 42.5 Å². The maximum Gasteiger partial charge on any atom is 0.0320 e. The number of benzene rings is 2. The van der Waals surface area contributed by atoms with E-state index in [1.54, 1.807) is 0 Å². The summed E-state index contributed by atoms with van der Waals surface area (Å²) in [6.07, 6.45) is 0. The Kier molecular flexibility index (Phi) is 2.70. The Morgan fingerprint density at radius 3 is 2.80 bits per heavy atom. The second kappa shape index (κ2) is 4.15. The molecule has 1 radical (unpaired) electrons. The van der Waals surface area contributed by atoms with Crippen LogP contribution in [0.25, 0.3) is 11.1 Å². The van der Waals surface area contributed by atoms with Crippen molar-refractivity contribution in [3.05, 3.63) is 54.1 Å². The highest BCUT2D eigenvalue weighted by Crippen LogP contribution is 2.24. The smallest absolute Gasteiger partial charge is 0.0320 e. The Labute approximate surface area is 89.5 Å². The number of nitrogens with two attached hydrogens (primary N) is 2. The van der Waals surface area contributed by atoms with Crippen LogP contribution in [0.1, 0.15) is 5.56 Å². The van der Waals surface area contributed by atoms with Crippen LogP contribution in [-0.4, -0.2) is 0 Å². The van der Waals surface area contributed by atoms with E-state index in [9.17, 15) is 0 Å². The molecular weight excluding hydrogens is 184 g/mol. The molecule has 0 saturated heterocycles. The summed E-state index contributed by atoms with van der Waals surface area (Å²) in [5.74, 6) is 0. The third-order valence-corrected chi connectivity index (χ3v) is 2.37. The summed E-state index contributed by atoms with van der Waals surface area (Å²) in [7, 11) is 0. The minimum atomic E-state index is 0.515. The third kappa shape index (κ3) is 2.00. The first kappa shape index (κ1) is 9.74. The zero-order valence-electron chi connectivity index (χ0n) is 8.40. The van der Waals surface area contributed by atoms with Crippen molar-refractivity contribution in [2.45, 2.75) is 6.54 Å². The quantitative estimate of drug-likeness (QED) is 0.725. The molecule has 2 heteroatoms. The van der Waals surface area contributed by atoms with E-state index in [2.05, 4.69) is 6.07 Å². The van der Waals surface area contributed by atoms with Crippen molar-refractivity contribution in [3.63, 3.8) is 0 Å². The largest absolute Gasteiger partial charge is 0.399 e. The Morgan fingerprint density at radius 2 is 2.07 bits per heavy atom. The van der Waals surface area contributed by atoms with Crippen molar-refractivity contribution in [1.29, 1.82) is 0 Å². The summed E-state index contributed by atoms with van der Waals surface area (Å²) in [5, 5.41) is 0. The van der Waals surface area contributed by atoms with E-state index < -0.39 is 0 Å². The minimum Gasteiger partial charge on any atom is -0.399 e. The van der Waals surface area contributed by atoms with Gasteiger partial charge in [-0.15, -0.1) is 0 Å². The van der Waals surface area contributed by atoms with Crippen LogP contribution in [0, 0.1) is 6.07 Å². The number of nitrogen functional groups attached to an aromatic ring is 1. The fourth-order valence-corrected chi connectivity index (χ4v) is 1.62. The average molecular weight is 197 g/mol. The van der Waals surface area contributed by atoms with Crippen LogP contribution in [0.2, 0.25) is 0 Å². The van der Waals surface area contributed by atoms with Crippen molar-refractivity contribution in [2.24, 2.45) is 5.73 Å². The van der Waals surface area contributed by atoms with Crippen LogP contribution < -0.4 is 11.5 Å². The average Bonchev–Trinajstić information content (AvgIpc) is 2.29. The van der Waals surface area contributed by atoms with Crippen LogP contribution in [-0.2, 0) is 6.54 Å². The number of hydrogen-bond donors (Lipinski definition) is 2. The van der Waals surface area contributed by atoms with Gasteiger partial charge in [0.2, 0.25) is 0 Å². The molecule has 0 saturated carbocycles. The molecule has 15 heavy (non-hydrogen) atoms. The molecule has 0 bridgehead atoms. The molecule has 2 rings (SSSR count). The molecule has 2 nitrogen and oxygen atoms in total. The summed E-state index contributed by atoms with van der Waals surface area (Å²) < 4.78 is 0. The van der Waals surface area contributed by atoms with Gasteiger partial charge >= 0.3 is 0 Å². The molecule has 0 aliphatic heterocycles. The second-order valence-electron chi connectivity index (χ2n) is 3.41. The van der Waals surface area contributed by atoms with Gasteiger partial charge in [0.15, 0.2) is 0 Å². The van der Waals surface area contributed by atoms with E-state index in [0.29, 0.717) is 6.54 Å². The topological polar surface area (TPSA) is 52.0 Å². The lowest BCUT2D eigenvalue weighted by Crippen LogP contribution is -1.98. The maximum absolute atomic E-state index is 5.75. The molecule has 4 N–H and O–H groups in total. The lowest BCUT2D eigenvalue weighted by atomic mass is 9.99. The molecule has 0 atom stereocenters. The first-order valence-corrected chi connectivity index (χ1v) is 4.86. The minimum absolute atomic E-state index is 0.515. The van der Waals surface area contributed by atoms with E-state index in [1.165, 1.54) is 0 Å². The lowest BCUT2D eigenvalue weighted by molar-refractivity contribution is 1.07. The van der Waals surface area contributed by atoms with Crippen LogP contribution in [0.4, 0.5) is 5.69 Å². The van der Waals surface area contributed by atoms with Gasteiger partial charge in [0, 0.05) is 12.2 Å². The van der Waals surface area contributed by atoms with Gasteiger partial charge in [0.1, 0.15) is 0 Å². The normalized spacial score (nSPS) is 10.2. The predicted molar refractivity (Wildman–Crippen MR) is 63.0 cm³/mol. The van der Waals surface area contributed by atoms with Gasteiger partial charge < -0.3 is 11.5 Å². The molecule has 2 aromatic rings. The van der Waals surface area contributed by atoms with Gasteiger partial charge in [-0.3, -0.25) is 0 Å². The predicted octanol–water partition coefficient (Wildman–Crippen LogP) is 2.19. The molecule has 75 valence electrons. The summed E-state index contributed by atoms with van der Waals surface area (Å²) in [6.45, 7) is 0.515. The molecule has 0 aliphatic carbocycles. The third-order valence-electron chi connectivity index (χ3n) is 2.37. The second-order valence-corrected chi connectivity index (χ2v) is 3.41. The lowest BCUT2D eigenvalue weighted by Gasteiger charge is -2.07. The number of rotatable bonds is 2. The fraction of sp³-hybridized carbons (Fsp3) is 0.0769. The zero-order chi connectivity index (χ0) is 10.7. The molecule has 0 amide bonds. The fourth-order valence-electron chi connectivity index (χ4n) is 1.62. The molecule has 0 aliphatic rings. The molecular formula is C13H13N2. The maximum atomic E-state index is 5.75. The van der Waals surface area contributed by atoms with Crippen molar-refractivity contribution in [3.8, 4) is 11.1 Å². The Morgan fingerprint density at radius 1 is 1.20 bits per heavy atom. The van der Waals surface area contributed by atoms with E-state index in [-0.39, 0.29) is 0 Å². The molecule has 0 unspecified atom stereocenters. The monoisotopic (exact) mass is 197 g/mol.